The number of hydrogen-bond donors (Lipinski definition) is 1. The molecule has 1 aromatic rings. The number of aryl methyl sites for hydroxylation is 1. The summed E-state index contributed by atoms with van der Waals surface area (Å²) in [5, 5.41) is 0. The molecule has 2 N–H and O–H groups in total. The van der Waals surface area contributed by atoms with E-state index in [2.05, 4.69) is 0 Å². The van der Waals surface area contributed by atoms with Gasteiger partial charge in [0, 0.05) is 6.04 Å². The number of benzene rings is 1. The Morgan fingerprint density at radius 3 is 2.83 bits per heavy atom. The van der Waals surface area contributed by atoms with Crippen molar-refractivity contribution in [2.24, 2.45) is 11.7 Å². The van der Waals surface area contributed by atoms with Gasteiger partial charge in [0.25, 0.3) is 0 Å². The third kappa shape index (κ3) is 2.91. The molecule has 0 spiro atoms. The van der Waals surface area contributed by atoms with Gasteiger partial charge >= 0.3 is 5.97 Å². The number of nitrogens with two attached hydrogens (primary N) is 1. The van der Waals surface area contributed by atoms with Crippen LogP contribution in [0.25, 0.3) is 0 Å². The van der Waals surface area contributed by atoms with Gasteiger partial charge in [-0.1, -0.05) is 24.6 Å². The van der Waals surface area contributed by atoms with E-state index in [1.165, 1.54) is 20.0 Å². The Labute approximate surface area is 108 Å². The molecule has 3 heteroatoms. The second-order valence-electron chi connectivity index (χ2n) is 5.04. The van der Waals surface area contributed by atoms with Gasteiger partial charge in [-0.2, -0.15) is 0 Å². The lowest BCUT2D eigenvalue weighted by molar-refractivity contribution is 0.0599. The molecule has 1 fully saturated rings. The Hall–Kier alpha value is -1.35. The van der Waals surface area contributed by atoms with Crippen LogP contribution in [0.1, 0.15) is 41.6 Å². The second kappa shape index (κ2) is 6.01. The van der Waals surface area contributed by atoms with Crippen LogP contribution in [0.3, 0.4) is 0 Å². The van der Waals surface area contributed by atoms with E-state index in [1.54, 1.807) is 0 Å². The summed E-state index contributed by atoms with van der Waals surface area (Å²) in [5.74, 6) is 0.358. The van der Waals surface area contributed by atoms with E-state index in [0.29, 0.717) is 17.5 Å². The van der Waals surface area contributed by atoms with Gasteiger partial charge in [0.15, 0.2) is 0 Å². The Morgan fingerprint density at radius 1 is 1.39 bits per heavy atom. The van der Waals surface area contributed by atoms with Crippen molar-refractivity contribution in [3.8, 4) is 0 Å². The molecule has 2 rings (SSSR count). The minimum atomic E-state index is -0.249. The molecule has 98 valence electrons. The van der Waals surface area contributed by atoms with Crippen molar-refractivity contribution in [2.75, 3.05) is 7.11 Å². The lowest BCUT2D eigenvalue weighted by Crippen LogP contribution is -2.24. The van der Waals surface area contributed by atoms with Crippen LogP contribution in [0.4, 0.5) is 0 Å². The first-order valence-electron chi connectivity index (χ1n) is 6.64. The summed E-state index contributed by atoms with van der Waals surface area (Å²) in [6.07, 6.45) is 5.58. The van der Waals surface area contributed by atoms with E-state index in [0.717, 1.165) is 24.8 Å². The van der Waals surface area contributed by atoms with Crippen molar-refractivity contribution in [2.45, 2.75) is 38.1 Å². The number of carbonyl (C=O) groups excluding carboxylic acids is 1. The van der Waals surface area contributed by atoms with Crippen LogP contribution in [0.5, 0.6) is 0 Å². The molecule has 1 aliphatic rings. The fraction of sp³-hybridized carbons (Fsp3) is 0.533. The van der Waals surface area contributed by atoms with E-state index < -0.39 is 0 Å². The Bertz CT molecular complexity index is 417. The zero-order valence-electron chi connectivity index (χ0n) is 10.9. The summed E-state index contributed by atoms with van der Waals surface area (Å²) >= 11 is 0. The topological polar surface area (TPSA) is 52.3 Å². The van der Waals surface area contributed by atoms with Crippen LogP contribution in [-0.2, 0) is 11.2 Å². The average Bonchev–Trinajstić information content (AvgIpc) is 2.81. The van der Waals surface area contributed by atoms with Crippen LogP contribution in [0, 0.1) is 5.92 Å². The van der Waals surface area contributed by atoms with E-state index in [1.807, 2.05) is 24.3 Å². The minimum Gasteiger partial charge on any atom is -0.465 e. The van der Waals surface area contributed by atoms with Crippen molar-refractivity contribution >= 4 is 5.97 Å². The van der Waals surface area contributed by atoms with Crippen molar-refractivity contribution in [3.63, 3.8) is 0 Å². The van der Waals surface area contributed by atoms with Crippen LogP contribution < -0.4 is 5.73 Å². The molecule has 0 unspecified atom stereocenters. The van der Waals surface area contributed by atoms with Gasteiger partial charge in [-0.05, 0) is 43.2 Å². The first-order chi connectivity index (χ1) is 8.72. The zero-order valence-corrected chi connectivity index (χ0v) is 10.9. The number of carbonyl (C=O) groups is 1. The lowest BCUT2D eigenvalue weighted by atomic mass is 9.93. The van der Waals surface area contributed by atoms with Crippen molar-refractivity contribution in [3.05, 3.63) is 35.4 Å². The zero-order chi connectivity index (χ0) is 13.0. The maximum atomic E-state index is 11.6. The number of rotatable bonds is 4. The van der Waals surface area contributed by atoms with Gasteiger partial charge in [0.05, 0.1) is 12.7 Å². The Kier molecular flexibility index (Phi) is 4.37. The molecular weight excluding hydrogens is 226 g/mol. The largest absolute Gasteiger partial charge is 0.465 e. The fourth-order valence-electron chi connectivity index (χ4n) is 2.81. The van der Waals surface area contributed by atoms with Crippen molar-refractivity contribution in [1.82, 2.24) is 0 Å². The number of esters is 1. The molecule has 3 nitrogen and oxygen atoms in total. The molecule has 0 amide bonds. The highest BCUT2D eigenvalue weighted by atomic mass is 16.5. The molecule has 0 radical (unpaired) electrons. The van der Waals surface area contributed by atoms with E-state index >= 15 is 0 Å². The van der Waals surface area contributed by atoms with Crippen LogP contribution in [0.15, 0.2) is 24.3 Å². The highest BCUT2D eigenvalue weighted by molar-refractivity contribution is 5.90. The standard InChI is InChI=1S/C15H21NO2/c1-18-15(17)13-7-3-2-5-11(13)9-10-12-6-4-8-14(12)16/h2-3,5,7,12,14H,4,6,8-10,16H2,1H3/t12-,14-/m0/s1. The molecule has 1 aliphatic carbocycles. The number of methoxy groups -OCH3 is 1. The second-order valence-corrected chi connectivity index (χ2v) is 5.04. The SMILES string of the molecule is COC(=O)c1ccccc1CC[C@@H]1CCC[C@@H]1N. The average molecular weight is 247 g/mol. The van der Waals surface area contributed by atoms with Gasteiger partial charge in [0.1, 0.15) is 0 Å². The molecule has 0 aromatic heterocycles. The summed E-state index contributed by atoms with van der Waals surface area (Å²) < 4.78 is 4.81. The molecule has 0 heterocycles. The summed E-state index contributed by atoms with van der Waals surface area (Å²) in [5.41, 5.74) is 7.83. The summed E-state index contributed by atoms with van der Waals surface area (Å²) in [4.78, 5) is 11.6. The quantitative estimate of drug-likeness (QED) is 0.832. The molecule has 18 heavy (non-hydrogen) atoms. The molecule has 1 aromatic carbocycles. The highest BCUT2D eigenvalue weighted by Gasteiger charge is 2.23. The molecular formula is C15H21NO2. The monoisotopic (exact) mass is 247 g/mol. The maximum absolute atomic E-state index is 11.6. The van der Waals surface area contributed by atoms with Gasteiger partial charge in [-0.3, -0.25) is 0 Å². The fourth-order valence-corrected chi connectivity index (χ4v) is 2.81. The number of ether oxygens (including phenoxy) is 1. The smallest absolute Gasteiger partial charge is 0.338 e. The minimum absolute atomic E-state index is 0.249. The third-order valence-corrected chi connectivity index (χ3v) is 3.93. The van der Waals surface area contributed by atoms with E-state index in [-0.39, 0.29) is 5.97 Å². The van der Waals surface area contributed by atoms with Crippen molar-refractivity contribution in [1.29, 1.82) is 0 Å². The van der Waals surface area contributed by atoms with E-state index in [4.69, 9.17) is 10.5 Å². The van der Waals surface area contributed by atoms with Crippen LogP contribution in [-0.4, -0.2) is 19.1 Å². The van der Waals surface area contributed by atoms with Crippen LogP contribution >= 0.6 is 0 Å². The molecule has 2 atom stereocenters. The van der Waals surface area contributed by atoms with Crippen LogP contribution in [0.2, 0.25) is 0 Å². The van der Waals surface area contributed by atoms with Crippen molar-refractivity contribution < 1.29 is 9.53 Å². The number of hydrogen-bond acceptors (Lipinski definition) is 3. The van der Waals surface area contributed by atoms with Gasteiger partial charge < -0.3 is 10.5 Å². The molecule has 1 saturated carbocycles. The van der Waals surface area contributed by atoms with Gasteiger partial charge in [-0.15, -0.1) is 0 Å². The maximum Gasteiger partial charge on any atom is 0.338 e. The molecule has 0 aliphatic heterocycles. The summed E-state index contributed by atoms with van der Waals surface area (Å²) in [6.45, 7) is 0. The van der Waals surface area contributed by atoms with E-state index in [9.17, 15) is 4.79 Å². The molecule has 0 saturated heterocycles. The Balaban J connectivity index is 2.02. The predicted octanol–water partition coefficient (Wildman–Crippen LogP) is 2.53. The normalized spacial score (nSPS) is 23.0. The summed E-state index contributed by atoms with van der Waals surface area (Å²) in [6, 6.07) is 8.02. The Morgan fingerprint density at radius 2 is 2.17 bits per heavy atom. The van der Waals surface area contributed by atoms with Gasteiger partial charge in [0.2, 0.25) is 0 Å². The highest BCUT2D eigenvalue weighted by Crippen LogP contribution is 2.28. The third-order valence-electron chi connectivity index (χ3n) is 3.93. The summed E-state index contributed by atoms with van der Waals surface area (Å²) in [7, 11) is 1.42. The molecule has 0 bridgehead atoms. The predicted molar refractivity (Wildman–Crippen MR) is 71.4 cm³/mol. The first-order valence-corrected chi connectivity index (χ1v) is 6.64. The lowest BCUT2D eigenvalue weighted by Gasteiger charge is -2.15. The van der Waals surface area contributed by atoms with Gasteiger partial charge in [-0.25, -0.2) is 4.79 Å². The first kappa shape index (κ1) is 13.1.